The van der Waals surface area contributed by atoms with Crippen LogP contribution >= 0.6 is 0 Å². The van der Waals surface area contributed by atoms with Gasteiger partial charge >= 0.3 is 0 Å². The molecule has 3 atom stereocenters. The molecule has 1 fully saturated rings. The average Bonchev–Trinajstić information content (AvgIpc) is 3.01. The first-order valence-corrected chi connectivity index (χ1v) is 13.5. The predicted octanol–water partition coefficient (Wildman–Crippen LogP) is 7.67. The Bertz CT molecular complexity index is 578. The first-order chi connectivity index (χ1) is 11.3. The summed E-state index contributed by atoms with van der Waals surface area (Å²) in [5, 5.41) is 0. The molecule has 0 aliphatic heterocycles. The minimum Gasteiger partial charge on any atom is -0.0843 e. The Morgan fingerprint density at radius 1 is 0.958 bits per heavy atom. The zero-order valence-corrected chi connectivity index (χ0v) is 18.1. The van der Waals surface area contributed by atoms with Crippen LogP contribution in [0.3, 0.4) is 0 Å². The monoisotopic (exact) mass is 342 g/mol. The van der Waals surface area contributed by atoms with Crippen LogP contribution in [0.25, 0.3) is 0 Å². The van der Waals surface area contributed by atoms with Gasteiger partial charge in [-0.15, -0.1) is 0 Å². The van der Waals surface area contributed by atoms with Gasteiger partial charge in [-0.05, 0) is 81.0 Å². The quantitative estimate of drug-likeness (QED) is 0.363. The van der Waals surface area contributed by atoms with Crippen molar-refractivity contribution in [3.63, 3.8) is 0 Å². The summed E-state index contributed by atoms with van der Waals surface area (Å²) < 4.78 is 0. The Kier molecular flexibility index (Phi) is 5.04. The number of rotatable bonds is 4. The Balaban J connectivity index is 1.97. The summed E-state index contributed by atoms with van der Waals surface area (Å²) >= 11 is 0. The van der Waals surface area contributed by atoms with Crippen LogP contribution in [0, 0.1) is 11.8 Å². The molecule has 0 radical (unpaired) electrons. The fraction of sp³-hybridized carbons (Fsp3) is 0.739. The van der Waals surface area contributed by atoms with Gasteiger partial charge < -0.3 is 0 Å². The Morgan fingerprint density at radius 2 is 1.54 bits per heavy atom. The highest BCUT2D eigenvalue weighted by Crippen LogP contribution is 2.59. The van der Waals surface area contributed by atoms with Gasteiger partial charge in [0, 0.05) is 0 Å². The van der Waals surface area contributed by atoms with Crippen LogP contribution in [0.5, 0.6) is 0 Å². The van der Waals surface area contributed by atoms with Gasteiger partial charge in [-0.1, -0.05) is 62.1 Å². The molecule has 0 N–H and O–H groups in total. The summed E-state index contributed by atoms with van der Waals surface area (Å²) in [6.45, 7) is 17.3. The van der Waals surface area contributed by atoms with E-state index >= 15 is 0 Å². The maximum absolute atomic E-state index is 2.82. The van der Waals surface area contributed by atoms with E-state index in [4.69, 9.17) is 0 Å². The second-order valence-electron chi connectivity index (χ2n) is 9.44. The van der Waals surface area contributed by atoms with Gasteiger partial charge in [0.2, 0.25) is 0 Å². The minimum absolute atomic E-state index is 0.780. The number of hydrogen-bond acceptors (Lipinski definition) is 0. The zero-order valence-electron chi connectivity index (χ0n) is 17.1. The highest BCUT2D eigenvalue weighted by atomic mass is 28.3. The van der Waals surface area contributed by atoms with Crippen molar-refractivity contribution in [2.24, 2.45) is 11.8 Å². The van der Waals surface area contributed by atoms with Crippen molar-refractivity contribution in [2.45, 2.75) is 97.3 Å². The molecular formula is C23H38Si. The van der Waals surface area contributed by atoms with E-state index in [0.717, 1.165) is 22.9 Å². The first kappa shape index (κ1) is 18.2. The van der Waals surface area contributed by atoms with Crippen LogP contribution in [0.1, 0.15) is 73.1 Å². The van der Waals surface area contributed by atoms with E-state index in [0.29, 0.717) is 0 Å². The lowest BCUT2D eigenvalue weighted by atomic mass is 9.78. The van der Waals surface area contributed by atoms with Gasteiger partial charge in [0.15, 0.2) is 0 Å². The van der Waals surface area contributed by atoms with Gasteiger partial charge in [-0.2, -0.15) is 0 Å². The molecule has 0 aromatic rings. The van der Waals surface area contributed by atoms with Crippen molar-refractivity contribution in [3.8, 4) is 0 Å². The molecule has 0 heterocycles. The summed E-state index contributed by atoms with van der Waals surface area (Å²) in [7, 11) is -1.42. The van der Waals surface area contributed by atoms with Gasteiger partial charge in [-0.25, -0.2) is 0 Å². The second kappa shape index (κ2) is 6.63. The third kappa shape index (κ3) is 2.71. The Hall–Kier alpha value is -0.563. The third-order valence-corrected chi connectivity index (χ3v) is 12.6. The van der Waals surface area contributed by atoms with Crippen LogP contribution in [0.4, 0.5) is 0 Å². The van der Waals surface area contributed by atoms with Crippen molar-refractivity contribution in [1.29, 1.82) is 0 Å². The van der Waals surface area contributed by atoms with Crippen molar-refractivity contribution in [3.05, 3.63) is 33.9 Å². The average molecular weight is 343 g/mol. The molecule has 0 bridgehead atoms. The van der Waals surface area contributed by atoms with Crippen molar-refractivity contribution in [2.75, 3.05) is 0 Å². The maximum Gasteiger partial charge on any atom is 0.0666 e. The maximum atomic E-state index is 2.82. The molecule has 134 valence electrons. The predicted molar refractivity (Wildman–Crippen MR) is 110 cm³/mol. The summed E-state index contributed by atoms with van der Waals surface area (Å²) in [4.78, 5) is 0. The van der Waals surface area contributed by atoms with Crippen molar-refractivity contribution in [1.82, 2.24) is 0 Å². The number of fused-ring (bicyclic) bond motifs is 1. The fourth-order valence-electron chi connectivity index (χ4n) is 6.51. The third-order valence-electron chi connectivity index (χ3n) is 7.90. The molecule has 0 spiro atoms. The van der Waals surface area contributed by atoms with Crippen LogP contribution in [-0.4, -0.2) is 8.07 Å². The van der Waals surface area contributed by atoms with E-state index in [2.05, 4.69) is 53.8 Å². The molecule has 0 saturated heterocycles. The summed E-state index contributed by atoms with van der Waals surface area (Å²) in [6.07, 6.45) is 11.4. The van der Waals surface area contributed by atoms with E-state index in [1.165, 1.54) is 38.5 Å². The van der Waals surface area contributed by atoms with E-state index in [1.54, 1.807) is 22.3 Å². The molecule has 0 aromatic heterocycles. The summed E-state index contributed by atoms with van der Waals surface area (Å²) in [5.41, 5.74) is 10.1. The van der Waals surface area contributed by atoms with Crippen LogP contribution in [-0.2, 0) is 0 Å². The smallest absolute Gasteiger partial charge is 0.0666 e. The van der Waals surface area contributed by atoms with Crippen LogP contribution in [0.2, 0.25) is 24.2 Å². The minimum atomic E-state index is -1.42. The number of allylic oxidation sites excluding steroid dienone is 6. The molecule has 0 nitrogen and oxygen atoms in total. The van der Waals surface area contributed by atoms with E-state index < -0.39 is 8.07 Å². The second-order valence-corrected chi connectivity index (χ2v) is 14.3. The van der Waals surface area contributed by atoms with Gasteiger partial charge in [0.1, 0.15) is 0 Å². The highest BCUT2D eigenvalue weighted by molar-refractivity contribution is 6.82. The SMILES string of the molecule is CCCC1=CC([Si](C)(C)C2C(C)=C(C)C(C)=C2C)C2CCCCC12. The van der Waals surface area contributed by atoms with E-state index in [-0.39, 0.29) is 0 Å². The first-order valence-electron chi connectivity index (χ1n) is 10.4. The summed E-state index contributed by atoms with van der Waals surface area (Å²) in [5.74, 6) is 1.91. The molecule has 3 aliphatic carbocycles. The molecule has 3 rings (SSSR count). The van der Waals surface area contributed by atoms with E-state index in [9.17, 15) is 0 Å². The van der Waals surface area contributed by atoms with Crippen LogP contribution in [0.15, 0.2) is 33.9 Å². The van der Waals surface area contributed by atoms with Crippen LogP contribution < -0.4 is 0 Å². The molecule has 3 aliphatic rings. The molecule has 1 saturated carbocycles. The molecule has 24 heavy (non-hydrogen) atoms. The van der Waals surface area contributed by atoms with Gasteiger partial charge in [0.25, 0.3) is 0 Å². The molecule has 0 amide bonds. The fourth-order valence-corrected chi connectivity index (χ4v) is 11.7. The standard InChI is InChI=1S/C23H38Si/c1-8-11-19-14-22(21-13-10-9-12-20(19)21)24(6,7)23-17(4)15(2)16(3)18(23)5/h14,20-23H,8-13H2,1-7H3. The van der Waals surface area contributed by atoms with Gasteiger partial charge in [-0.3, -0.25) is 0 Å². The molecule has 1 heteroatoms. The molecular weight excluding hydrogens is 304 g/mol. The molecule has 0 aromatic carbocycles. The lowest BCUT2D eigenvalue weighted by Crippen LogP contribution is -2.41. The molecule has 3 unspecified atom stereocenters. The summed E-state index contributed by atoms with van der Waals surface area (Å²) in [6, 6.07) is 0. The van der Waals surface area contributed by atoms with Crippen molar-refractivity contribution >= 4 is 8.07 Å². The topological polar surface area (TPSA) is 0 Å². The largest absolute Gasteiger partial charge is 0.0843 e. The lowest BCUT2D eigenvalue weighted by molar-refractivity contribution is 0.287. The van der Waals surface area contributed by atoms with Gasteiger partial charge in [0.05, 0.1) is 8.07 Å². The van der Waals surface area contributed by atoms with Crippen molar-refractivity contribution < 1.29 is 0 Å². The zero-order chi connectivity index (χ0) is 17.6. The number of hydrogen-bond donors (Lipinski definition) is 0. The highest BCUT2D eigenvalue weighted by Gasteiger charge is 2.50. The Morgan fingerprint density at radius 3 is 2.12 bits per heavy atom. The lowest BCUT2D eigenvalue weighted by Gasteiger charge is -2.43. The normalized spacial score (nSPS) is 31.8. The van der Waals surface area contributed by atoms with E-state index in [1.807, 2.05) is 5.57 Å². The Labute approximate surface area is 151 Å².